The number of esters is 1. The quantitative estimate of drug-likeness (QED) is 0.219. The van der Waals surface area contributed by atoms with Gasteiger partial charge in [0.05, 0.1) is 48.3 Å². The van der Waals surface area contributed by atoms with Gasteiger partial charge in [-0.2, -0.15) is 4.98 Å². The third-order valence-corrected chi connectivity index (χ3v) is 11.3. The first-order valence-corrected chi connectivity index (χ1v) is 17.3. The van der Waals surface area contributed by atoms with Gasteiger partial charge in [0.2, 0.25) is 5.91 Å². The molecule has 1 saturated carbocycles. The second-order valence-electron chi connectivity index (χ2n) is 12.2. The molecule has 0 spiro atoms. The molecule has 46 heavy (non-hydrogen) atoms. The molecule has 6 rings (SSSR count). The molecule has 0 radical (unpaired) electrons. The van der Waals surface area contributed by atoms with Gasteiger partial charge in [-0.15, -0.1) is 0 Å². The van der Waals surface area contributed by atoms with Crippen molar-refractivity contribution in [2.75, 3.05) is 25.6 Å². The monoisotopic (exact) mass is 645 g/mol. The Hall–Kier alpha value is -4.22. The number of benzene rings is 3. The maximum absolute atomic E-state index is 13.8. The van der Waals surface area contributed by atoms with E-state index in [1.54, 1.807) is 35.2 Å². The summed E-state index contributed by atoms with van der Waals surface area (Å²) in [5.41, 5.74) is 3.90. The Morgan fingerprint density at radius 3 is 2.48 bits per heavy atom. The van der Waals surface area contributed by atoms with Crippen LogP contribution >= 0.6 is 0 Å². The van der Waals surface area contributed by atoms with Crippen LogP contribution in [0.5, 0.6) is 0 Å². The Bertz CT molecular complexity index is 1800. The van der Waals surface area contributed by atoms with E-state index in [4.69, 9.17) is 13.9 Å². The lowest BCUT2D eigenvalue weighted by Gasteiger charge is -2.30. The molecular formula is C35H39N3O7S. The first-order valence-electron chi connectivity index (χ1n) is 15.7. The number of likely N-dealkylation sites (tertiary alicyclic amines) is 1. The molecule has 4 aromatic rings. The Labute approximate surface area is 269 Å². The summed E-state index contributed by atoms with van der Waals surface area (Å²) in [6, 6.07) is 21.7. The van der Waals surface area contributed by atoms with E-state index >= 15 is 0 Å². The zero-order chi connectivity index (χ0) is 32.3. The van der Waals surface area contributed by atoms with Gasteiger partial charge in [0.1, 0.15) is 5.52 Å². The van der Waals surface area contributed by atoms with Gasteiger partial charge in [-0.1, -0.05) is 42.5 Å². The largest absolute Gasteiger partial charge is 0.469 e. The maximum atomic E-state index is 13.8. The normalized spacial score (nSPS) is 21.7. The molecule has 2 fully saturated rings. The molecule has 2 aliphatic rings. The Morgan fingerprint density at radius 1 is 1.00 bits per heavy atom. The fourth-order valence-corrected chi connectivity index (χ4v) is 8.23. The molecule has 2 heterocycles. The number of aryl methyl sites for hydroxylation is 1. The van der Waals surface area contributed by atoms with E-state index in [0.29, 0.717) is 42.8 Å². The summed E-state index contributed by atoms with van der Waals surface area (Å²) in [4.78, 5) is 32.2. The van der Waals surface area contributed by atoms with E-state index in [1.165, 1.54) is 7.11 Å². The van der Waals surface area contributed by atoms with Crippen molar-refractivity contribution in [2.45, 2.75) is 67.7 Å². The number of amides is 1. The van der Waals surface area contributed by atoms with Crippen molar-refractivity contribution < 1.29 is 31.9 Å². The van der Waals surface area contributed by atoms with Crippen LogP contribution in [0.3, 0.4) is 0 Å². The molecule has 1 saturated heterocycles. The lowest BCUT2D eigenvalue weighted by molar-refractivity contribution is -0.148. The number of oxazole rings is 1. The molecule has 1 N–H and O–H groups in total. The Balaban J connectivity index is 1.16. The highest BCUT2D eigenvalue weighted by Gasteiger charge is 2.42. The van der Waals surface area contributed by atoms with Crippen molar-refractivity contribution >= 4 is 44.5 Å². The van der Waals surface area contributed by atoms with Gasteiger partial charge in [-0.25, -0.2) is 8.42 Å². The summed E-state index contributed by atoms with van der Waals surface area (Å²) in [7, 11) is -2.26. The molecule has 3 aromatic carbocycles. The number of hydrogen-bond donors (Lipinski definition) is 1. The Kier molecular flexibility index (Phi) is 9.42. The number of aromatic nitrogens is 1. The number of nitrogens with one attached hydrogen (secondary N) is 1. The molecule has 1 amide bonds. The number of carbonyl (C=O) groups excluding carboxylic acids is 2. The van der Waals surface area contributed by atoms with E-state index in [2.05, 4.69) is 10.3 Å². The lowest BCUT2D eigenvalue weighted by atomic mass is 9.87. The van der Waals surface area contributed by atoms with Crippen LogP contribution in [0.15, 0.2) is 82.1 Å². The minimum absolute atomic E-state index is 0.0565. The van der Waals surface area contributed by atoms with Gasteiger partial charge >= 0.3 is 5.97 Å². The van der Waals surface area contributed by atoms with Gasteiger partial charge in [-0.05, 0) is 80.5 Å². The Morgan fingerprint density at radius 2 is 1.74 bits per heavy atom. The number of fused-ring (bicyclic) bond motifs is 1. The number of rotatable bonds is 10. The summed E-state index contributed by atoms with van der Waals surface area (Å²) in [6.07, 6.45) is 3.10. The number of methoxy groups -OCH3 is 1. The second kappa shape index (κ2) is 13.6. The molecule has 2 atom stereocenters. The highest BCUT2D eigenvalue weighted by Crippen LogP contribution is 2.32. The third kappa shape index (κ3) is 6.95. The van der Waals surface area contributed by atoms with Crippen molar-refractivity contribution in [3.8, 4) is 0 Å². The standard InChI is InChI=1S/C35H39N3O7S/c1-23-8-6-7-11-30(23)36-35-37-31-17-12-24(18-32(31)45-35)19-33(39)38-21-29(46(41,42)28-9-4-3-5-10-28)20-26(38)22-44-27-15-13-25(14-16-27)34(40)43-2/h3-12,17-18,25-27,29H,13-16,19-22H2,1-2H3,(H,36,37)/t25-,26-,27-,29-/m0/s1. The predicted molar refractivity (Wildman–Crippen MR) is 173 cm³/mol. The third-order valence-electron chi connectivity index (χ3n) is 9.13. The van der Waals surface area contributed by atoms with E-state index < -0.39 is 21.1 Å². The summed E-state index contributed by atoms with van der Waals surface area (Å²) >= 11 is 0. The van der Waals surface area contributed by atoms with Gasteiger partial charge in [0, 0.05) is 12.2 Å². The molecule has 0 bridgehead atoms. The highest BCUT2D eigenvalue weighted by atomic mass is 32.2. The van der Waals surface area contributed by atoms with Gasteiger partial charge < -0.3 is 24.1 Å². The number of carbonyl (C=O) groups is 2. The molecule has 10 nitrogen and oxygen atoms in total. The number of ether oxygens (including phenoxy) is 2. The second-order valence-corrected chi connectivity index (χ2v) is 14.4. The molecule has 242 valence electrons. The van der Waals surface area contributed by atoms with E-state index in [9.17, 15) is 18.0 Å². The smallest absolute Gasteiger partial charge is 0.308 e. The summed E-state index contributed by atoms with van der Waals surface area (Å²) in [6.45, 7) is 2.32. The first-order chi connectivity index (χ1) is 22.2. The van der Waals surface area contributed by atoms with Crippen molar-refractivity contribution in [1.82, 2.24) is 9.88 Å². The van der Waals surface area contributed by atoms with Crippen molar-refractivity contribution in [2.24, 2.45) is 5.92 Å². The number of sulfone groups is 1. The van der Waals surface area contributed by atoms with Crippen LogP contribution < -0.4 is 5.32 Å². The summed E-state index contributed by atoms with van der Waals surface area (Å²) < 4.78 is 44.3. The molecular weight excluding hydrogens is 606 g/mol. The van der Waals surface area contributed by atoms with E-state index in [0.717, 1.165) is 16.8 Å². The van der Waals surface area contributed by atoms with E-state index in [-0.39, 0.29) is 54.8 Å². The lowest BCUT2D eigenvalue weighted by Crippen LogP contribution is -2.40. The maximum Gasteiger partial charge on any atom is 0.308 e. The van der Waals surface area contributed by atoms with E-state index in [1.807, 2.05) is 49.4 Å². The molecule has 1 aliphatic carbocycles. The highest BCUT2D eigenvalue weighted by molar-refractivity contribution is 7.92. The van der Waals surface area contributed by atoms with Crippen LogP contribution in [0.4, 0.5) is 11.7 Å². The topological polar surface area (TPSA) is 128 Å². The SMILES string of the molecule is COC(=O)[C@H]1CC[C@H](OC[C@@H]2C[C@H](S(=O)(=O)c3ccccc3)CN2C(=O)Cc2ccc3nc(Nc4ccccc4C)oc3c2)CC1. The number of nitrogens with zero attached hydrogens (tertiary/aromatic N) is 2. The van der Waals surface area contributed by atoms with Crippen molar-refractivity contribution in [3.05, 3.63) is 83.9 Å². The van der Waals surface area contributed by atoms with Gasteiger partial charge in [0.15, 0.2) is 15.4 Å². The van der Waals surface area contributed by atoms with Crippen LogP contribution in [0.1, 0.15) is 43.2 Å². The van der Waals surface area contributed by atoms with Crippen molar-refractivity contribution in [3.63, 3.8) is 0 Å². The molecule has 0 unspecified atom stereocenters. The van der Waals surface area contributed by atoms with Crippen LogP contribution in [0.25, 0.3) is 11.1 Å². The predicted octanol–water partition coefficient (Wildman–Crippen LogP) is 5.61. The molecule has 1 aliphatic heterocycles. The van der Waals surface area contributed by atoms with Crippen LogP contribution in [0, 0.1) is 12.8 Å². The fourth-order valence-electron chi connectivity index (χ4n) is 6.48. The van der Waals surface area contributed by atoms with Gasteiger partial charge in [0.25, 0.3) is 6.01 Å². The number of hydrogen-bond acceptors (Lipinski definition) is 9. The van der Waals surface area contributed by atoms with Crippen molar-refractivity contribution in [1.29, 1.82) is 0 Å². The fraction of sp³-hybridized carbons (Fsp3) is 0.400. The van der Waals surface area contributed by atoms with Crippen LogP contribution in [0.2, 0.25) is 0 Å². The van der Waals surface area contributed by atoms with Gasteiger partial charge in [-0.3, -0.25) is 9.59 Å². The summed E-state index contributed by atoms with van der Waals surface area (Å²) in [5.74, 6) is -0.487. The average Bonchev–Trinajstić information content (AvgIpc) is 3.69. The zero-order valence-electron chi connectivity index (χ0n) is 26.1. The van der Waals surface area contributed by atoms with Crippen LogP contribution in [-0.2, 0) is 35.3 Å². The molecule has 1 aromatic heterocycles. The molecule has 11 heteroatoms. The minimum Gasteiger partial charge on any atom is -0.469 e. The van der Waals surface area contributed by atoms with Crippen LogP contribution in [-0.4, -0.2) is 67.8 Å². The summed E-state index contributed by atoms with van der Waals surface area (Å²) in [5, 5.41) is 2.47. The number of para-hydroxylation sites is 1. The minimum atomic E-state index is -3.66. The first kappa shape index (κ1) is 31.7. The zero-order valence-corrected chi connectivity index (χ0v) is 26.9. The number of anilines is 2. The average molecular weight is 646 g/mol.